The monoisotopic (exact) mass is 265 g/mol. The predicted molar refractivity (Wildman–Crippen MR) is 70.8 cm³/mol. The number of hydrogen-bond donors (Lipinski definition) is 1. The van der Waals surface area contributed by atoms with Gasteiger partial charge >= 0.3 is 5.97 Å². The zero-order chi connectivity index (χ0) is 13.9. The van der Waals surface area contributed by atoms with Crippen molar-refractivity contribution in [1.29, 1.82) is 0 Å². The average molecular weight is 265 g/mol. The smallest absolute Gasteiger partial charge is 0.305 e. The standard InChI is InChI=1S/C14H19NO4/c1-18-14(17)8-5-10-15-13(16)9-11-19-12-6-3-2-4-7-12/h2-4,6-7H,5,8-11H2,1H3,(H,15,16). The Kier molecular flexibility index (Phi) is 7.09. The molecule has 1 aromatic rings. The van der Waals surface area contributed by atoms with Gasteiger partial charge in [-0.2, -0.15) is 0 Å². The second kappa shape index (κ2) is 8.97. The van der Waals surface area contributed by atoms with Crippen LogP contribution in [-0.2, 0) is 14.3 Å². The van der Waals surface area contributed by atoms with Crippen LogP contribution in [0, 0.1) is 0 Å². The zero-order valence-corrected chi connectivity index (χ0v) is 11.1. The second-order valence-corrected chi connectivity index (χ2v) is 3.94. The largest absolute Gasteiger partial charge is 0.493 e. The lowest BCUT2D eigenvalue weighted by Crippen LogP contribution is -2.26. The van der Waals surface area contributed by atoms with E-state index in [1.54, 1.807) is 0 Å². The summed E-state index contributed by atoms with van der Waals surface area (Å²) in [5.41, 5.74) is 0. The third kappa shape index (κ3) is 7.08. The molecule has 5 heteroatoms. The van der Waals surface area contributed by atoms with E-state index < -0.39 is 0 Å². The zero-order valence-electron chi connectivity index (χ0n) is 11.1. The molecule has 104 valence electrons. The number of amides is 1. The van der Waals surface area contributed by atoms with Crippen molar-refractivity contribution in [3.63, 3.8) is 0 Å². The number of rotatable bonds is 8. The molecule has 0 aliphatic carbocycles. The maximum atomic E-state index is 11.4. The highest BCUT2D eigenvalue weighted by molar-refractivity contribution is 5.76. The van der Waals surface area contributed by atoms with Gasteiger partial charge < -0.3 is 14.8 Å². The van der Waals surface area contributed by atoms with E-state index in [1.165, 1.54) is 7.11 Å². The fraction of sp³-hybridized carbons (Fsp3) is 0.429. The van der Waals surface area contributed by atoms with Gasteiger partial charge in [-0.1, -0.05) is 18.2 Å². The number of carbonyl (C=O) groups is 2. The predicted octanol–water partition coefficient (Wildman–Crippen LogP) is 1.52. The van der Waals surface area contributed by atoms with Gasteiger partial charge in [0, 0.05) is 13.0 Å². The summed E-state index contributed by atoms with van der Waals surface area (Å²) < 4.78 is 9.90. The van der Waals surface area contributed by atoms with Crippen LogP contribution >= 0.6 is 0 Å². The Morgan fingerprint density at radius 2 is 1.89 bits per heavy atom. The van der Waals surface area contributed by atoms with Crippen LogP contribution in [0.3, 0.4) is 0 Å². The molecule has 0 spiro atoms. The molecule has 0 unspecified atom stereocenters. The van der Waals surface area contributed by atoms with Crippen LogP contribution in [0.4, 0.5) is 0 Å². The third-order valence-electron chi connectivity index (χ3n) is 2.45. The molecule has 1 N–H and O–H groups in total. The first-order valence-electron chi connectivity index (χ1n) is 6.23. The van der Waals surface area contributed by atoms with Crippen LogP contribution in [0.25, 0.3) is 0 Å². The van der Waals surface area contributed by atoms with Gasteiger partial charge in [0.05, 0.1) is 20.1 Å². The van der Waals surface area contributed by atoms with E-state index in [1.807, 2.05) is 30.3 Å². The van der Waals surface area contributed by atoms with Gasteiger partial charge in [0.1, 0.15) is 5.75 Å². The first kappa shape index (κ1) is 15.0. The summed E-state index contributed by atoms with van der Waals surface area (Å²) in [6.07, 6.45) is 1.20. The Balaban J connectivity index is 2.04. The summed E-state index contributed by atoms with van der Waals surface area (Å²) in [4.78, 5) is 22.3. The van der Waals surface area contributed by atoms with Gasteiger partial charge in [0.2, 0.25) is 5.91 Å². The molecule has 0 aromatic heterocycles. The van der Waals surface area contributed by atoms with Gasteiger partial charge in [-0.3, -0.25) is 9.59 Å². The summed E-state index contributed by atoms with van der Waals surface area (Å²) in [5, 5.41) is 2.72. The Morgan fingerprint density at radius 3 is 2.58 bits per heavy atom. The summed E-state index contributed by atoms with van der Waals surface area (Å²) >= 11 is 0. The maximum Gasteiger partial charge on any atom is 0.305 e. The molecular formula is C14H19NO4. The molecule has 1 aromatic carbocycles. The van der Waals surface area contributed by atoms with Gasteiger partial charge in [0.25, 0.3) is 0 Å². The van der Waals surface area contributed by atoms with Gasteiger partial charge in [-0.25, -0.2) is 0 Å². The van der Waals surface area contributed by atoms with Crippen LogP contribution in [0.1, 0.15) is 19.3 Å². The molecule has 0 aliphatic rings. The number of esters is 1. The van der Waals surface area contributed by atoms with E-state index in [0.29, 0.717) is 32.4 Å². The Morgan fingerprint density at radius 1 is 1.16 bits per heavy atom. The van der Waals surface area contributed by atoms with E-state index in [0.717, 1.165) is 5.75 Å². The van der Waals surface area contributed by atoms with E-state index in [-0.39, 0.29) is 11.9 Å². The molecule has 0 saturated heterocycles. The topological polar surface area (TPSA) is 64.6 Å². The summed E-state index contributed by atoms with van der Waals surface area (Å²) in [7, 11) is 1.35. The summed E-state index contributed by atoms with van der Waals surface area (Å²) in [6, 6.07) is 9.34. The van der Waals surface area contributed by atoms with Crippen molar-refractivity contribution in [2.24, 2.45) is 0 Å². The minimum Gasteiger partial charge on any atom is -0.493 e. The molecule has 0 saturated carbocycles. The number of methoxy groups -OCH3 is 1. The quantitative estimate of drug-likeness (QED) is 0.572. The number of benzene rings is 1. The van der Waals surface area contributed by atoms with Crippen LogP contribution in [-0.4, -0.2) is 32.1 Å². The maximum absolute atomic E-state index is 11.4. The van der Waals surface area contributed by atoms with Crippen molar-refractivity contribution in [2.45, 2.75) is 19.3 Å². The Labute approximate surface area is 112 Å². The van der Waals surface area contributed by atoms with E-state index in [2.05, 4.69) is 10.1 Å². The first-order valence-corrected chi connectivity index (χ1v) is 6.23. The lowest BCUT2D eigenvalue weighted by Gasteiger charge is -2.06. The van der Waals surface area contributed by atoms with Crippen molar-refractivity contribution in [2.75, 3.05) is 20.3 Å². The second-order valence-electron chi connectivity index (χ2n) is 3.94. The SMILES string of the molecule is COC(=O)CCCNC(=O)CCOc1ccccc1. The molecule has 0 heterocycles. The minimum atomic E-state index is -0.262. The van der Waals surface area contributed by atoms with Gasteiger partial charge in [-0.15, -0.1) is 0 Å². The molecule has 5 nitrogen and oxygen atoms in total. The average Bonchev–Trinajstić information content (AvgIpc) is 2.44. The van der Waals surface area contributed by atoms with Crippen LogP contribution in [0.5, 0.6) is 5.75 Å². The highest BCUT2D eigenvalue weighted by atomic mass is 16.5. The van der Waals surface area contributed by atoms with Gasteiger partial charge in [-0.05, 0) is 18.6 Å². The number of para-hydroxylation sites is 1. The number of hydrogen-bond acceptors (Lipinski definition) is 4. The van der Waals surface area contributed by atoms with Crippen molar-refractivity contribution >= 4 is 11.9 Å². The molecule has 1 amide bonds. The van der Waals surface area contributed by atoms with E-state index in [4.69, 9.17) is 4.74 Å². The van der Waals surface area contributed by atoms with Gasteiger partial charge in [0.15, 0.2) is 0 Å². The number of carbonyl (C=O) groups excluding carboxylic acids is 2. The lowest BCUT2D eigenvalue weighted by atomic mass is 10.3. The molecule has 0 bridgehead atoms. The normalized spacial score (nSPS) is 9.74. The highest BCUT2D eigenvalue weighted by Gasteiger charge is 2.03. The van der Waals surface area contributed by atoms with E-state index >= 15 is 0 Å². The lowest BCUT2D eigenvalue weighted by molar-refractivity contribution is -0.140. The van der Waals surface area contributed by atoms with Crippen LogP contribution < -0.4 is 10.1 Å². The van der Waals surface area contributed by atoms with Crippen molar-refractivity contribution in [1.82, 2.24) is 5.32 Å². The molecule has 19 heavy (non-hydrogen) atoms. The fourth-order valence-corrected chi connectivity index (χ4v) is 1.43. The van der Waals surface area contributed by atoms with Crippen LogP contribution in [0.15, 0.2) is 30.3 Å². The summed E-state index contributed by atoms with van der Waals surface area (Å²) in [5.74, 6) is 0.406. The van der Waals surface area contributed by atoms with E-state index in [9.17, 15) is 9.59 Å². The minimum absolute atomic E-state index is 0.0826. The first-order chi connectivity index (χ1) is 9.22. The van der Waals surface area contributed by atoms with Crippen molar-refractivity contribution < 1.29 is 19.1 Å². The highest BCUT2D eigenvalue weighted by Crippen LogP contribution is 2.08. The third-order valence-corrected chi connectivity index (χ3v) is 2.45. The molecule has 0 fully saturated rings. The Hall–Kier alpha value is -2.04. The Bertz CT molecular complexity index is 392. The molecule has 1 rings (SSSR count). The summed E-state index contributed by atoms with van der Waals surface area (Å²) in [6.45, 7) is 0.812. The number of nitrogens with one attached hydrogen (secondary N) is 1. The van der Waals surface area contributed by atoms with Crippen molar-refractivity contribution in [3.8, 4) is 5.75 Å². The van der Waals surface area contributed by atoms with Crippen molar-refractivity contribution in [3.05, 3.63) is 30.3 Å². The number of ether oxygens (including phenoxy) is 2. The molecule has 0 atom stereocenters. The molecule has 0 aliphatic heterocycles. The fourth-order valence-electron chi connectivity index (χ4n) is 1.43. The molecule has 0 radical (unpaired) electrons. The van der Waals surface area contributed by atoms with Crippen LogP contribution in [0.2, 0.25) is 0 Å². The molecular weight excluding hydrogens is 246 g/mol.